The highest BCUT2D eigenvalue weighted by molar-refractivity contribution is 6.32. The van der Waals surface area contributed by atoms with E-state index >= 15 is 0 Å². The minimum atomic E-state index is -0.444. The Morgan fingerprint density at radius 1 is 1.20 bits per heavy atom. The number of nitrogens with zero attached hydrogens (tertiary/aromatic N) is 3. The molecule has 0 saturated heterocycles. The number of aromatic nitrogens is 2. The van der Waals surface area contributed by atoms with Gasteiger partial charge in [-0.25, -0.2) is 14.5 Å². The van der Waals surface area contributed by atoms with Crippen molar-refractivity contribution in [3.63, 3.8) is 0 Å². The molecule has 2 aromatic carbocycles. The van der Waals surface area contributed by atoms with Crippen LogP contribution in [-0.4, -0.2) is 21.9 Å². The number of benzene rings is 2. The molecule has 126 valence electrons. The highest BCUT2D eigenvalue weighted by Gasteiger charge is 2.13. The van der Waals surface area contributed by atoms with Crippen LogP contribution in [0.4, 0.5) is 4.39 Å². The van der Waals surface area contributed by atoms with Crippen molar-refractivity contribution in [3.05, 3.63) is 82.4 Å². The topological polar surface area (TPSA) is 59.3 Å². The van der Waals surface area contributed by atoms with Crippen molar-refractivity contribution in [2.45, 2.75) is 6.92 Å². The number of amides is 1. The molecule has 0 aliphatic heterocycles. The maximum atomic E-state index is 12.9. The summed E-state index contributed by atoms with van der Waals surface area (Å²) in [5, 5.41) is 8.69. The van der Waals surface area contributed by atoms with Gasteiger partial charge in [-0.3, -0.25) is 4.79 Å². The van der Waals surface area contributed by atoms with Crippen molar-refractivity contribution < 1.29 is 9.18 Å². The molecule has 7 heteroatoms. The van der Waals surface area contributed by atoms with Gasteiger partial charge in [0.25, 0.3) is 5.91 Å². The molecule has 0 atom stereocenters. The molecule has 5 nitrogen and oxygen atoms in total. The predicted octanol–water partition coefficient (Wildman–Crippen LogP) is 3.74. The van der Waals surface area contributed by atoms with E-state index in [4.69, 9.17) is 11.6 Å². The first-order valence-electron chi connectivity index (χ1n) is 7.46. The molecule has 3 aromatic rings. The summed E-state index contributed by atoms with van der Waals surface area (Å²) in [4.78, 5) is 11.9. The van der Waals surface area contributed by atoms with Crippen molar-refractivity contribution in [2.24, 2.45) is 5.10 Å². The smallest absolute Gasteiger partial charge is 0.267 e. The summed E-state index contributed by atoms with van der Waals surface area (Å²) in [6, 6.07) is 14.6. The number of carbonyl (C=O) groups excluding carboxylic acids is 1. The first-order chi connectivity index (χ1) is 12.1. The van der Waals surface area contributed by atoms with Gasteiger partial charge in [0.15, 0.2) is 0 Å². The first-order valence-corrected chi connectivity index (χ1v) is 7.83. The second-order valence-corrected chi connectivity index (χ2v) is 5.60. The van der Waals surface area contributed by atoms with Crippen LogP contribution in [0.25, 0.3) is 5.69 Å². The second kappa shape index (κ2) is 7.27. The predicted molar refractivity (Wildman–Crippen MR) is 94.8 cm³/mol. The Labute approximate surface area is 148 Å². The number of nitrogens with one attached hydrogen (secondary N) is 1. The van der Waals surface area contributed by atoms with Gasteiger partial charge in [0.1, 0.15) is 11.0 Å². The molecule has 1 amide bonds. The maximum Gasteiger partial charge on any atom is 0.271 e. The van der Waals surface area contributed by atoms with Crippen LogP contribution in [0, 0.1) is 12.7 Å². The minimum Gasteiger partial charge on any atom is -0.267 e. The summed E-state index contributed by atoms with van der Waals surface area (Å²) >= 11 is 6.37. The monoisotopic (exact) mass is 356 g/mol. The summed E-state index contributed by atoms with van der Waals surface area (Å²) < 4.78 is 14.5. The molecule has 0 fully saturated rings. The van der Waals surface area contributed by atoms with Gasteiger partial charge in [-0.05, 0) is 43.3 Å². The lowest BCUT2D eigenvalue weighted by Gasteiger charge is -2.02. The van der Waals surface area contributed by atoms with E-state index in [1.54, 1.807) is 11.6 Å². The summed E-state index contributed by atoms with van der Waals surface area (Å²) in [7, 11) is 0. The summed E-state index contributed by atoms with van der Waals surface area (Å²) in [5.74, 6) is -0.851. The molecule has 0 aliphatic rings. The minimum absolute atomic E-state index is 0.307. The third kappa shape index (κ3) is 3.75. The van der Waals surface area contributed by atoms with E-state index < -0.39 is 11.7 Å². The summed E-state index contributed by atoms with van der Waals surface area (Å²) in [6.45, 7) is 1.80. The first kappa shape index (κ1) is 16.9. The lowest BCUT2D eigenvalue weighted by atomic mass is 10.2. The van der Waals surface area contributed by atoms with Crippen LogP contribution in [0.5, 0.6) is 0 Å². The average Bonchev–Trinajstić information content (AvgIpc) is 2.91. The fourth-order valence-corrected chi connectivity index (χ4v) is 2.54. The normalized spacial score (nSPS) is 11.0. The molecule has 0 bridgehead atoms. The molecule has 0 saturated carbocycles. The highest BCUT2D eigenvalue weighted by atomic mass is 35.5. The van der Waals surface area contributed by atoms with Crippen molar-refractivity contribution in [1.29, 1.82) is 0 Å². The van der Waals surface area contributed by atoms with Crippen molar-refractivity contribution >= 4 is 23.7 Å². The molecular weight excluding hydrogens is 343 g/mol. The molecule has 1 aromatic heterocycles. The van der Waals surface area contributed by atoms with Crippen molar-refractivity contribution in [1.82, 2.24) is 15.2 Å². The van der Waals surface area contributed by atoms with Crippen LogP contribution in [-0.2, 0) is 0 Å². The number of aryl methyl sites for hydroxylation is 1. The van der Waals surface area contributed by atoms with E-state index in [1.165, 1.54) is 30.5 Å². The number of carbonyl (C=O) groups is 1. The Hall–Kier alpha value is -2.99. The summed E-state index contributed by atoms with van der Waals surface area (Å²) in [5.41, 5.74) is 4.79. The van der Waals surface area contributed by atoms with Gasteiger partial charge in [-0.15, -0.1) is 0 Å². The van der Waals surface area contributed by atoms with Gasteiger partial charge in [-0.2, -0.15) is 10.2 Å². The van der Waals surface area contributed by atoms with E-state index in [1.807, 2.05) is 30.3 Å². The van der Waals surface area contributed by atoms with Gasteiger partial charge in [0.2, 0.25) is 0 Å². The fraction of sp³-hybridized carbons (Fsp3) is 0.0556. The van der Waals surface area contributed by atoms with Crippen LogP contribution >= 0.6 is 11.6 Å². The van der Waals surface area contributed by atoms with Gasteiger partial charge in [0, 0.05) is 5.56 Å². The van der Waals surface area contributed by atoms with E-state index in [0.29, 0.717) is 22.0 Å². The molecule has 0 radical (unpaired) electrons. The number of hydrogen-bond acceptors (Lipinski definition) is 3. The lowest BCUT2D eigenvalue weighted by Crippen LogP contribution is -2.17. The standard InChI is InChI=1S/C18H14ClFN4O/c1-12-16(17(19)24(23-12)15-5-3-2-4-6-15)11-21-22-18(25)13-7-9-14(20)10-8-13/h2-11H,1H3,(H,22,25)/b21-11+. The largest absolute Gasteiger partial charge is 0.271 e. The van der Waals surface area contributed by atoms with Crippen molar-refractivity contribution in [3.8, 4) is 5.69 Å². The van der Waals surface area contributed by atoms with Crippen molar-refractivity contribution in [2.75, 3.05) is 0 Å². The van der Waals surface area contributed by atoms with Crippen LogP contribution in [0.2, 0.25) is 5.15 Å². The SMILES string of the molecule is Cc1nn(-c2ccccc2)c(Cl)c1/C=N/NC(=O)c1ccc(F)cc1. The Morgan fingerprint density at radius 2 is 1.88 bits per heavy atom. The van der Waals surface area contributed by atoms with E-state index in [0.717, 1.165) is 5.69 Å². The van der Waals surface area contributed by atoms with Crippen LogP contribution in [0.1, 0.15) is 21.6 Å². The molecule has 1 N–H and O–H groups in total. The van der Waals surface area contributed by atoms with E-state index in [-0.39, 0.29) is 0 Å². The molecule has 0 unspecified atom stereocenters. The van der Waals surface area contributed by atoms with Crippen LogP contribution in [0.15, 0.2) is 59.7 Å². The lowest BCUT2D eigenvalue weighted by molar-refractivity contribution is 0.0955. The second-order valence-electron chi connectivity index (χ2n) is 5.24. The van der Waals surface area contributed by atoms with E-state index in [9.17, 15) is 9.18 Å². The maximum absolute atomic E-state index is 12.9. The summed E-state index contributed by atoms with van der Waals surface area (Å²) in [6.07, 6.45) is 1.44. The molecule has 25 heavy (non-hydrogen) atoms. The Kier molecular flexibility index (Phi) is 4.90. The van der Waals surface area contributed by atoms with Gasteiger partial charge < -0.3 is 0 Å². The quantitative estimate of drug-likeness (QED) is 0.572. The van der Waals surface area contributed by atoms with E-state index in [2.05, 4.69) is 15.6 Å². The fourth-order valence-electron chi connectivity index (χ4n) is 2.22. The van der Waals surface area contributed by atoms with Gasteiger partial charge in [-0.1, -0.05) is 29.8 Å². The zero-order valence-corrected chi connectivity index (χ0v) is 14.0. The Bertz CT molecular complexity index is 920. The number of halogens is 2. The third-order valence-electron chi connectivity index (χ3n) is 3.51. The van der Waals surface area contributed by atoms with Gasteiger partial charge in [0.05, 0.1) is 23.2 Å². The number of para-hydroxylation sites is 1. The molecule has 1 heterocycles. The average molecular weight is 357 g/mol. The molecule has 0 aliphatic carbocycles. The Balaban J connectivity index is 1.77. The molecule has 3 rings (SSSR count). The van der Waals surface area contributed by atoms with Crippen LogP contribution < -0.4 is 5.43 Å². The molecule has 0 spiro atoms. The highest BCUT2D eigenvalue weighted by Crippen LogP contribution is 2.21. The molecular formula is C18H14ClFN4O. The number of hydrogen-bond donors (Lipinski definition) is 1. The third-order valence-corrected chi connectivity index (χ3v) is 3.88. The van der Waals surface area contributed by atoms with Gasteiger partial charge >= 0.3 is 0 Å². The zero-order chi connectivity index (χ0) is 17.8. The zero-order valence-electron chi connectivity index (χ0n) is 13.3. The Morgan fingerprint density at radius 3 is 2.56 bits per heavy atom. The number of hydrazone groups is 1. The number of rotatable bonds is 4. The van der Waals surface area contributed by atoms with Crippen LogP contribution in [0.3, 0.4) is 0 Å².